The van der Waals surface area contributed by atoms with Crippen molar-refractivity contribution in [3.8, 4) is 0 Å². The monoisotopic (exact) mass is 388 g/mol. The zero-order chi connectivity index (χ0) is 17.4. The molecule has 136 valence electrons. The van der Waals surface area contributed by atoms with Crippen LogP contribution in [0.4, 0.5) is 11.5 Å². The number of methoxy groups -OCH3 is 1. The van der Waals surface area contributed by atoms with Crippen LogP contribution in [0.2, 0.25) is 0 Å². The summed E-state index contributed by atoms with van der Waals surface area (Å²) >= 11 is 1.77. The number of carbonyl (C=O) groups excluding carboxylic acids is 1. The fourth-order valence-electron chi connectivity index (χ4n) is 3.35. The van der Waals surface area contributed by atoms with Crippen LogP contribution in [-0.2, 0) is 17.6 Å². The van der Waals surface area contributed by atoms with Gasteiger partial charge in [0.05, 0.1) is 18.1 Å². The second kappa shape index (κ2) is 7.60. The fourth-order valence-corrected chi connectivity index (χ4v) is 4.70. The van der Waals surface area contributed by atoms with Gasteiger partial charge >= 0.3 is 5.97 Å². The smallest absolute Gasteiger partial charge is 0.337 e. The number of thiophene rings is 1. The summed E-state index contributed by atoms with van der Waals surface area (Å²) < 4.78 is 4.79. The molecule has 2 aromatic heterocycles. The summed E-state index contributed by atoms with van der Waals surface area (Å²) in [6.07, 6.45) is 4.99. The highest BCUT2D eigenvalue weighted by Gasteiger charge is 2.23. The van der Waals surface area contributed by atoms with E-state index in [9.17, 15) is 4.79 Å². The fraction of sp³-hybridized carbons (Fsp3) is 0.316. The minimum atomic E-state index is -0.349. The summed E-state index contributed by atoms with van der Waals surface area (Å²) in [7, 11) is 1.38. The number of fused-ring (bicyclic) bond motifs is 3. The van der Waals surface area contributed by atoms with Crippen molar-refractivity contribution in [2.24, 2.45) is 5.92 Å². The first kappa shape index (κ1) is 18.6. The largest absolute Gasteiger partial charge is 1.00 e. The lowest BCUT2D eigenvalue weighted by Crippen LogP contribution is -3.00. The number of ether oxygens (including phenoxy) is 1. The van der Waals surface area contributed by atoms with Crippen LogP contribution in [0.5, 0.6) is 0 Å². The maximum Gasteiger partial charge on any atom is 0.337 e. The van der Waals surface area contributed by atoms with E-state index >= 15 is 0 Å². The van der Waals surface area contributed by atoms with Crippen LogP contribution < -0.4 is 17.7 Å². The zero-order valence-electron chi connectivity index (χ0n) is 14.6. The summed E-state index contributed by atoms with van der Waals surface area (Å²) in [4.78, 5) is 23.1. The third-order valence-corrected chi connectivity index (χ3v) is 5.80. The van der Waals surface area contributed by atoms with Gasteiger partial charge < -0.3 is 22.5 Å². The molecule has 0 bridgehead atoms. The minimum absolute atomic E-state index is 0. The Morgan fingerprint density at radius 2 is 2.19 bits per heavy atom. The molecule has 26 heavy (non-hydrogen) atoms. The standard InChI is InChI=1S/C19H19N3O2S.ClH/c1-11-6-7-14-15(8-11)25-18-16(14)17(20-10-21-18)22-13-5-3-4-12(9-13)19(23)24-2;/h3-5,9-11H,6-8H2,1-2H3,(H,20,21,22);1H/p-1. The van der Waals surface area contributed by atoms with Crippen molar-refractivity contribution >= 4 is 39.0 Å². The van der Waals surface area contributed by atoms with Gasteiger partial charge in [-0.1, -0.05) is 13.0 Å². The average molecular weight is 389 g/mol. The van der Waals surface area contributed by atoms with E-state index in [0.29, 0.717) is 5.56 Å². The molecule has 1 aliphatic carbocycles. The number of rotatable bonds is 3. The van der Waals surface area contributed by atoms with Crippen molar-refractivity contribution in [2.45, 2.75) is 26.2 Å². The maximum atomic E-state index is 11.7. The molecule has 3 aromatic rings. The van der Waals surface area contributed by atoms with Crippen molar-refractivity contribution in [2.75, 3.05) is 12.4 Å². The first-order valence-electron chi connectivity index (χ1n) is 8.36. The van der Waals surface area contributed by atoms with Crippen LogP contribution in [0.1, 0.15) is 34.1 Å². The molecule has 0 amide bonds. The molecule has 0 spiro atoms. The van der Waals surface area contributed by atoms with E-state index in [1.54, 1.807) is 29.8 Å². The third kappa shape index (κ3) is 3.39. The number of carbonyl (C=O) groups is 1. The second-order valence-electron chi connectivity index (χ2n) is 6.45. The molecule has 7 heteroatoms. The molecule has 0 aliphatic heterocycles. The Bertz CT molecular complexity index is 957. The van der Waals surface area contributed by atoms with E-state index in [-0.39, 0.29) is 18.4 Å². The van der Waals surface area contributed by atoms with Gasteiger partial charge in [-0.3, -0.25) is 0 Å². The number of halogens is 1. The number of benzene rings is 1. The quantitative estimate of drug-likeness (QED) is 0.686. The van der Waals surface area contributed by atoms with E-state index < -0.39 is 0 Å². The van der Waals surface area contributed by atoms with Crippen molar-refractivity contribution in [1.82, 2.24) is 9.97 Å². The number of esters is 1. The summed E-state index contributed by atoms with van der Waals surface area (Å²) in [5.41, 5.74) is 2.70. The molecule has 0 radical (unpaired) electrons. The van der Waals surface area contributed by atoms with Crippen LogP contribution in [0, 0.1) is 5.92 Å². The topological polar surface area (TPSA) is 64.1 Å². The Kier molecular flexibility index (Phi) is 5.44. The molecular formula is C19H19ClN3O2S-. The number of nitrogens with one attached hydrogen (secondary N) is 1. The number of aromatic nitrogens is 2. The molecule has 2 heterocycles. The SMILES string of the molecule is COC(=O)c1cccc(Nc2ncnc3sc4c(c23)CCC(C)C4)c1.[Cl-]. The van der Waals surface area contributed by atoms with Gasteiger partial charge in [0.1, 0.15) is 17.0 Å². The molecule has 1 N–H and O–H groups in total. The van der Waals surface area contributed by atoms with E-state index in [1.807, 2.05) is 12.1 Å². The highest BCUT2D eigenvalue weighted by Crippen LogP contribution is 2.40. The van der Waals surface area contributed by atoms with Crippen molar-refractivity contribution in [3.63, 3.8) is 0 Å². The Labute approximate surface area is 162 Å². The van der Waals surface area contributed by atoms with E-state index in [1.165, 1.54) is 24.0 Å². The maximum absolute atomic E-state index is 11.7. The van der Waals surface area contributed by atoms with E-state index in [0.717, 1.165) is 40.5 Å². The van der Waals surface area contributed by atoms with Gasteiger partial charge in [-0.15, -0.1) is 11.3 Å². The molecule has 1 unspecified atom stereocenters. The summed E-state index contributed by atoms with van der Waals surface area (Å²) in [6.45, 7) is 2.30. The molecule has 0 saturated heterocycles. The number of hydrogen-bond donors (Lipinski definition) is 1. The first-order chi connectivity index (χ1) is 12.2. The molecule has 1 aliphatic rings. The van der Waals surface area contributed by atoms with E-state index in [4.69, 9.17) is 4.74 Å². The third-order valence-electron chi connectivity index (χ3n) is 4.64. The van der Waals surface area contributed by atoms with Crippen LogP contribution >= 0.6 is 11.3 Å². The normalized spacial score (nSPS) is 15.8. The Morgan fingerprint density at radius 1 is 1.35 bits per heavy atom. The van der Waals surface area contributed by atoms with Crippen LogP contribution in [-0.4, -0.2) is 23.0 Å². The zero-order valence-corrected chi connectivity index (χ0v) is 16.2. The van der Waals surface area contributed by atoms with Crippen LogP contribution in [0.3, 0.4) is 0 Å². The molecule has 1 aromatic carbocycles. The highest BCUT2D eigenvalue weighted by atomic mass is 35.5. The van der Waals surface area contributed by atoms with Crippen LogP contribution in [0.15, 0.2) is 30.6 Å². The second-order valence-corrected chi connectivity index (χ2v) is 7.54. The predicted molar refractivity (Wildman–Crippen MR) is 99.7 cm³/mol. The van der Waals surface area contributed by atoms with Gasteiger partial charge in [0.2, 0.25) is 0 Å². The van der Waals surface area contributed by atoms with Gasteiger partial charge in [0.15, 0.2) is 0 Å². The number of hydrogen-bond acceptors (Lipinski definition) is 6. The van der Waals surface area contributed by atoms with Crippen molar-refractivity contribution < 1.29 is 21.9 Å². The van der Waals surface area contributed by atoms with Gasteiger partial charge in [-0.25, -0.2) is 14.8 Å². The van der Waals surface area contributed by atoms with E-state index in [2.05, 4.69) is 22.2 Å². The molecular weight excluding hydrogens is 370 g/mol. The number of anilines is 2. The molecule has 0 fully saturated rings. The lowest BCUT2D eigenvalue weighted by molar-refractivity contribution is -0.0000197. The van der Waals surface area contributed by atoms with Gasteiger partial charge in [0, 0.05) is 10.6 Å². The molecule has 5 nitrogen and oxygen atoms in total. The minimum Gasteiger partial charge on any atom is -1.00 e. The Morgan fingerprint density at radius 3 is 3.00 bits per heavy atom. The lowest BCUT2D eigenvalue weighted by atomic mass is 9.89. The predicted octanol–water partition coefficient (Wildman–Crippen LogP) is 1.35. The Hall–Kier alpha value is -2.18. The summed E-state index contributed by atoms with van der Waals surface area (Å²) in [6, 6.07) is 7.26. The molecule has 1 atom stereocenters. The Balaban J connectivity index is 0.00000196. The number of aryl methyl sites for hydroxylation is 1. The van der Waals surface area contributed by atoms with Gasteiger partial charge in [0.25, 0.3) is 0 Å². The molecule has 0 saturated carbocycles. The van der Waals surface area contributed by atoms with Crippen molar-refractivity contribution in [1.29, 1.82) is 0 Å². The summed E-state index contributed by atoms with van der Waals surface area (Å²) in [5.74, 6) is 1.18. The molecule has 4 rings (SSSR count). The van der Waals surface area contributed by atoms with Gasteiger partial charge in [-0.05, 0) is 48.9 Å². The first-order valence-corrected chi connectivity index (χ1v) is 9.18. The van der Waals surface area contributed by atoms with Gasteiger partial charge in [-0.2, -0.15) is 0 Å². The van der Waals surface area contributed by atoms with Crippen molar-refractivity contribution in [3.05, 3.63) is 46.6 Å². The number of nitrogens with zero attached hydrogens (tertiary/aromatic N) is 2. The average Bonchev–Trinajstić information content (AvgIpc) is 2.99. The highest BCUT2D eigenvalue weighted by molar-refractivity contribution is 7.19. The van der Waals surface area contributed by atoms with Crippen LogP contribution in [0.25, 0.3) is 10.2 Å². The summed E-state index contributed by atoms with van der Waals surface area (Å²) in [5, 5.41) is 4.48. The lowest BCUT2D eigenvalue weighted by Gasteiger charge is -2.18.